The van der Waals surface area contributed by atoms with E-state index in [1.54, 1.807) is 24.3 Å². The lowest BCUT2D eigenvalue weighted by atomic mass is 9.96. The standard InChI is InChI=1S/C74H105N7O34/c1-42(82)78-64-68(110-51(10)91)66(108-49(8)89)60(40-104-46(5)86)112-71(64)100-31-28-97-25-22-75-62(94)36-81(37-63(95)76-23-26-98-30-33-102-73-74(80-44(3)84,115-53(12)93)35-58(107-48(7)88)59(114-73)39-103-45(4)85)57(34-54-18-20-56(21-19-54)106-38-55-16-14-13-15-17-55)70(96)77-24-27-99-29-32-101-72-65(79-43(2)83)69(111-52(11)92)67(109-50(9)90)61(113-72)41-105-47(6)87/h13-21,57-61,64-69,71-73H,22-41H2,1-12H3,(H,75,94)(H,76,95)(H,77,96)(H,78,82)(H,79,83)(H,80,84). The lowest BCUT2D eigenvalue weighted by Gasteiger charge is -2.47. The maximum Gasteiger partial charge on any atom is 0.304 e. The van der Waals surface area contributed by atoms with E-state index in [1.165, 1.54) is 18.7 Å². The molecule has 6 N–H and O–H groups in total. The summed E-state index contributed by atoms with van der Waals surface area (Å²) in [6.07, 6.45) is -15.3. The SMILES string of the molecule is CC(=O)NC1C(OCCOCCNC(=O)CN(CC(=O)NCCOCCOC2OC(COC(C)=O)C(OC(C)=O)CC2(NC(C)=O)OC(C)=O)C(Cc2ccc(OCc3ccccc3)cc2)C(=O)NCCOCCOC2OC(COC(C)=O)C(OC(C)=O)C(OC(C)=O)C2NC(C)=O)OC(COC(C)=O)C(OC(C)=O)C1OC(C)=O. The number of ether oxygens (including phenoxy) is 19. The van der Waals surface area contributed by atoms with Gasteiger partial charge in [-0.2, -0.15) is 0 Å². The number of amides is 6. The van der Waals surface area contributed by atoms with Gasteiger partial charge >= 0.3 is 53.7 Å². The predicted molar refractivity (Wildman–Crippen MR) is 387 cm³/mol. The molecule has 0 aromatic heterocycles. The minimum absolute atomic E-state index is 0.113. The number of carbonyl (C=O) groups is 15. The van der Waals surface area contributed by atoms with Crippen LogP contribution in [0, 0.1) is 0 Å². The van der Waals surface area contributed by atoms with Crippen molar-refractivity contribution in [2.45, 2.75) is 194 Å². The Kier molecular flexibility index (Phi) is 41.2. The van der Waals surface area contributed by atoms with E-state index in [4.69, 9.17) is 90.0 Å². The summed E-state index contributed by atoms with van der Waals surface area (Å²) in [5.74, 6) is -10.5. The van der Waals surface area contributed by atoms with Gasteiger partial charge in [0.1, 0.15) is 68.7 Å². The molecule has 0 saturated carbocycles. The van der Waals surface area contributed by atoms with Crippen LogP contribution in [0.4, 0.5) is 0 Å². The molecule has 15 unspecified atom stereocenters. The smallest absolute Gasteiger partial charge is 0.304 e. The Hall–Kier alpha value is -10.1. The van der Waals surface area contributed by atoms with Crippen molar-refractivity contribution in [2.75, 3.05) is 112 Å². The molecule has 3 aliphatic rings. The summed E-state index contributed by atoms with van der Waals surface area (Å²) in [4.78, 5) is 192. The highest BCUT2D eigenvalue weighted by Crippen LogP contribution is 2.35. The fourth-order valence-electron chi connectivity index (χ4n) is 12.1. The van der Waals surface area contributed by atoms with Crippen LogP contribution in [0.5, 0.6) is 5.75 Å². The first-order chi connectivity index (χ1) is 54.6. The summed E-state index contributed by atoms with van der Waals surface area (Å²) >= 11 is 0. The molecule has 0 radical (unpaired) electrons. The number of carbonyl (C=O) groups excluding carboxylic acids is 15. The average Bonchev–Trinajstić information content (AvgIpc) is 0.794. The quantitative estimate of drug-likeness (QED) is 0.0185. The first kappa shape index (κ1) is 95.5. The maximum atomic E-state index is 14.8. The number of benzene rings is 2. The molecule has 5 rings (SSSR count). The third-order valence-corrected chi connectivity index (χ3v) is 16.5. The number of nitrogens with zero attached hydrogens (tertiary/aromatic N) is 1. The van der Waals surface area contributed by atoms with E-state index in [2.05, 4.69) is 31.9 Å². The Morgan fingerprint density at radius 3 is 1.28 bits per heavy atom. The molecule has 3 aliphatic heterocycles. The second-order valence-corrected chi connectivity index (χ2v) is 26.2. The largest absolute Gasteiger partial charge is 0.489 e. The van der Waals surface area contributed by atoms with E-state index in [-0.39, 0.29) is 92.1 Å². The van der Waals surface area contributed by atoms with Gasteiger partial charge in [-0.25, -0.2) is 0 Å². The Morgan fingerprint density at radius 2 is 0.861 bits per heavy atom. The first-order valence-electron chi connectivity index (χ1n) is 36.8. The van der Waals surface area contributed by atoms with Crippen LogP contribution in [-0.4, -0.2) is 298 Å². The normalized spacial score (nSPS) is 23.2. The van der Waals surface area contributed by atoms with Crippen molar-refractivity contribution in [2.24, 2.45) is 0 Å². The molecule has 15 atom stereocenters. The molecular weight excluding hydrogens is 1530 g/mol. The summed E-state index contributed by atoms with van der Waals surface area (Å²) in [6.45, 7) is 8.80. The molecule has 6 amide bonds. The molecule has 115 heavy (non-hydrogen) atoms. The molecule has 3 fully saturated rings. The van der Waals surface area contributed by atoms with E-state index in [0.717, 1.165) is 74.8 Å². The zero-order valence-electron chi connectivity index (χ0n) is 66.2. The van der Waals surface area contributed by atoms with Crippen LogP contribution in [0.3, 0.4) is 0 Å². The van der Waals surface area contributed by atoms with Crippen molar-refractivity contribution in [1.29, 1.82) is 0 Å². The van der Waals surface area contributed by atoms with Gasteiger partial charge < -0.3 is 122 Å². The highest BCUT2D eigenvalue weighted by Gasteiger charge is 2.56. The number of hydrogen-bond acceptors (Lipinski definition) is 35. The van der Waals surface area contributed by atoms with Crippen molar-refractivity contribution in [3.63, 3.8) is 0 Å². The molecular formula is C74H105N7O34. The number of hydrogen-bond donors (Lipinski definition) is 6. The summed E-state index contributed by atoms with van der Waals surface area (Å²) in [5.41, 5.74) is -0.605. The van der Waals surface area contributed by atoms with Crippen LogP contribution in [0.15, 0.2) is 54.6 Å². The molecule has 3 heterocycles. The minimum Gasteiger partial charge on any atom is -0.489 e. The van der Waals surface area contributed by atoms with Gasteiger partial charge in [0.2, 0.25) is 47.5 Å². The van der Waals surface area contributed by atoms with Gasteiger partial charge in [0.25, 0.3) is 0 Å². The molecule has 41 nitrogen and oxygen atoms in total. The lowest BCUT2D eigenvalue weighted by Crippen LogP contribution is -2.68. The van der Waals surface area contributed by atoms with Crippen molar-refractivity contribution in [3.8, 4) is 5.75 Å². The minimum atomic E-state index is -2.06. The van der Waals surface area contributed by atoms with Gasteiger partial charge in [0.05, 0.1) is 85.0 Å². The Bertz CT molecular complexity index is 3540. The van der Waals surface area contributed by atoms with Crippen molar-refractivity contribution >= 4 is 89.2 Å². The third kappa shape index (κ3) is 35.3. The zero-order valence-corrected chi connectivity index (χ0v) is 66.2. The van der Waals surface area contributed by atoms with E-state index in [0.29, 0.717) is 11.3 Å². The van der Waals surface area contributed by atoms with Crippen LogP contribution in [-0.2, 0) is 170 Å². The van der Waals surface area contributed by atoms with Crippen molar-refractivity contribution < 1.29 is 162 Å². The van der Waals surface area contributed by atoms with Crippen LogP contribution < -0.4 is 36.6 Å². The second kappa shape index (κ2) is 49.6. The fraction of sp³-hybridized carbons (Fsp3) is 0.635. The number of nitrogens with one attached hydrogen (secondary N) is 6. The molecule has 0 spiro atoms. The summed E-state index contributed by atoms with van der Waals surface area (Å²) < 4.78 is 108. The molecule has 2 aromatic carbocycles. The van der Waals surface area contributed by atoms with Crippen LogP contribution in [0.1, 0.15) is 101 Å². The van der Waals surface area contributed by atoms with Gasteiger partial charge in [-0.3, -0.25) is 76.8 Å². The summed E-state index contributed by atoms with van der Waals surface area (Å²) in [7, 11) is 0. The average molecular weight is 1640 g/mol. The topological polar surface area (TPSA) is 507 Å². The second-order valence-electron chi connectivity index (χ2n) is 26.2. The Labute approximate surface area is 663 Å². The van der Waals surface area contributed by atoms with E-state index < -0.39 is 220 Å². The van der Waals surface area contributed by atoms with Gasteiger partial charge in [-0.05, 0) is 29.7 Å². The zero-order chi connectivity index (χ0) is 84.7. The van der Waals surface area contributed by atoms with E-state index >= 15 is 0 Å². The summed E-state index contributed by atoms with van der Waals surface area (Å²) in [6, 6.07) is 12.3. The van der Waals surface area contributed by atoms with E-state index in [9.17, 15) is 71.9 Å². The fourth-order valence-corrected chi connectivity index (χ4v) is 12.1. The molecule has 640 valence electrons. The van der Waals surface area contributed by atoms with Gasteiger partial charge in [-0.15, -0.1) is 0 Å². The van der Waals surface area contributed by atoms with Crippen LogP contribution in [0.25, 0.3) is 0 Å². The molecule has 41 heteroatoms. The van der Waals surface area contributed by atoms with Crippen molar-refractivity contribution in [3.05, 3.63) is 65.7 Å². The molecule has 3 saturated heterocycles. The van der Waals surface area contributed by atoms with Crippen LogP contribution >= 0.6 is 0 Å². The van der Waals surface area contributed by atoms with Crippen molar-refractivity contribution in [1.82, 2.24) is 36.8 Å². The first-order valence-corrected chi connectivity index (χ1v) is 36.8. The molecule has 2 aromatic rings. The number of esters is 9. The Morgan fingerprint density at radius 1 is 0.435 bits per heavy atom. The van der Waals surface area contributed by atoms with Gasteiger partial charge in [-0.1, -0.05) is 42.5 Å². The van der Waals surface area contributed by atoms with Gasteiger partial charge in [0, 0.05) is 103 Å². The lowest BCUT2D eigenvalue weighted by molar-refractivity contribution is -0.320. The molecule has 0 aliphatic carbocycles. The predicted octanol–water partition coefficient (Wildman–Crippen LogP) is -1.76. The van der Waals surface area contributed by atoms with Crippen LogP contribution in [0.2, 0.25) is 0 Å². The van der Waals surface area contributed by atoms with Gasteiger partial charge in [0.15, 0.2) is 37.0 Å². The monoisotopic (exact) mass is 1640 g/mol. The summed E-state index contributed by atoms with van der Waals surface area (Å²) in [5, 5.41) is 16.0. The molecule has 0 bridgehead atoms. The Balaban J connectivity index is 1.34. The number of rotatable bonds is 47. The maximum absolute atomic E-state index is 14.8. The highest BCUT2D eigenvalue weighted by atomic mass is 16.7. The third-order valence-electron chi connectivity index (χ3n) is 16.5. The van der Waals surface area contributed by atoms with E-state index in [1.807, 2.05) is 30.3 Å². The highest BCUT2D eigenvalue weighted by molar-refractivity contribution is 5.86.